The van der Waals surface area contributed by atoms with E-state index in [-0.39, 0.29) is 20.5 Å². The summed E-state index contributed by atoms with van der Waals surface area (Å²) in [6.07, 6.45) is 1.52. The predicted octanol–water partition coefficient (Wildman–Crippen LogP) is 5.94. The van der Waals surface area contributed by atoms with Gasteiger partial charge < -0.3 is 9.62 Å². The molecule has 0 fully saturated rings. The van der Waals surface area contributed by atoms with E-state index in [2.05, 4.69) is 13.8 Å². The average Bonchev–Trinajstić information content (AvgIpc) is 2.54. The Bertz CT molecular complexity index is 911. The Balaban J connectivity index is 0.000000500. The smallest absolute Gasteiger partial charge is 0.336 e. The summed E-state index contributed by atoms with van der Waals surface area (Å²) >= 11 is 0. The SMILES string of the molecule is C.C.CC(C)c1cccc[n+]1[O-].Cc1ccc2c(C(C)C)cc(=O)oc2c1. The molecule has 2 heterocycles. The largest absolute Gasteiger partial charge is 0.618 e. The van der Waals surface area contributed by atoms with E-state index in [1.165, 1.54) is 6.20 Å². The van der Waals surface area contributed by atoms with Gasteiger partial charge in [0.15, 0.2) is 11.9 Å². The van der Waals surface area contributed by atoms with Gasteiger partial charge in [0.05, 0.1) is 0 Å². The second kappa shape index (κ2) is 10.5. The van der Waals surface area contributed by atoms with Crippen LogP contribution in [0.2, 0.25) is 0 Å². The maximum Gasteiger partial charge on any atom is 0.336 e. The molecule has 0 amide bonds. The molecule has 0 aliphatic carbocycles. The van der Waals surface area contributed by atoms with Crippen LogP contribution in [0.15, 0.2) is 57.9 Å². The van der Waals surface area contributed by atoms with E-state index in [0.717, 1.165) is 26.9 Å². The van der Waals surface area contributed by atoms with E-state index < -0.39 is 0 Å². The molecule has 0 aliphatic rings. The van der Waals surface area contributed by atoms with Crippen molar-refractivity contribution in [2.45, 2.75) is 61.3 Å². The Hall–Kier alpha value is -2.62. The summed E-state index contributed by atoms with van der Waals surface area (Å²) in [7, 11) is 0. The van der Waals surface area contributed by atoms with Gasteiger partial charge in [0.25, 0.3) is 0 Å². The molecule has 3 rings (SSSR count). The first-order valence-corrected chi connectivity index (χ1v) is 8.52. The van der Waals surface area contributed by atoms with Gasteiger partial charge >= 0.3 is 5.63 Å². The molecule has 0 N–H and O–H groups in total. The number of hydrogen-bond acceptors (Lipinski definition) is 3. The number of hydrogen-bond donors (Lipinski definition) is 0. The molecular weight excluding hydrogens is 338 g/mol. The molecule has 2 aromatic heterocycles. The quantitative estimate of drug-likeness (QED) is 0.318. The van der Waals surface area contributed by atoms with E-state index in [9.17, 15) is 10.0 Å². The number of aryl methyl sites for hydroxylation is 1. The molecular formula is C23H33NO3. The molecule has 0 aliphatic heterocycles. The topological polar surface area (TPSA) is 57.1 Å². The van der Waals surface area contributed by atoms with Crippen molar-refractivity contribution in [3.05, 3.63) is 81.1 Å². The lowest BCUT2D eigenvalue weighted by Crippen LogP contribution is -2.31. The van der Waals surface area contributed by atoms with Gasteiger partial charge in [-0.05, 0) is 30.0 Å². The number of benzene rings is 1. The average molecular weight is 372 g/mol. The normalized spacial score (nSPS) is 10.0. The Labute approximate surface area is 163 Å². The Morgan fingerprint density at radius 2 is 1.63 bits per heavy atom. The van der Waals surface area contributed by atoms with E-state index in [0.29, 0.717) is 17.4 Å². The van der Waals surface area contributed by atoms with Crippen LogP contribution >= 0.6 is 0 Å². The molecule has 0 radical (unpaired) electrons. The number of fused-ring (bicyclic) bond motifs is 1. The number of nitrogens with zero attached hydrogens (tertiary/aromatic N) is 1. The van der Waals surface area contributed by atoms with Gasteiger partial charge in [-0.3, -0.25) is 0 Å². The third-order valence-electron chi connectivity index (χ3n) is 4.00. The summed E-state index contributed by atoms with van der Waals surface area (Å²) in [5.74, 6) is 0.637. The van der Waals surface area contributed by atoms with Crippen molar-refractivity contribution in [1.29, 1.82) is 0 Å². The van der Waals surface area contributed by atoms with E-state index in [1.54, 1.807) is 12.1 Å². The maximum atomic E-state index is 11.4. The zero-order chi connectivity index (χ0) is 18.6. The summed E-state index contributed by atoms with van der Waals surface area (Å²) in [5.41, 5.74) is 3.40. The van der Waals surface area contributed by atoms with Crippen molar-refractivity contribution in [2.75, 3.05) is 0 Å². The third kappa shape index (κ3) is 6.24. The maximum absolute atomic E-state index is 11.4. The monoisotopic (exact) mass is 371 g/mol. The molecule has 0 bridgehead atoms. The van der Waals surface area contributed by atoms with Gasteiger partial charge in [0.1, 0.15) is 5.58 Å². The van der Waals surface area contributed by atoms with Crippen molar-refractivity contribution >= 4 is 11.0 Å². The van der Waals surface area contributed by atoms with Gasteiger partial charge in [-0.25, -0.2) is 4.79 Å². The lowest BCUT2D eigenvalue weighted by Gasteiger charge is -2.08. The van der Waals surface area contributed by atoms with Crippen molar-refractivity contribution in [3.8, 4) is 0 Å². The molecule has 0 unspecified atom stereocenters. The minimum atomic E-state index is -0.267. The van der Waals surface area contributed by atoms with Crippen LogP contribution in [-0.2, 0) is 0 Å². The fraction of sp³-hybridized carbons (Fsp3) is 0.391. The van der Waals surface area contributed by atoms with Gasteiger partial charge in [0.2, 0.25) is 0 Å². The van der Waals surface area contributed by atoms with Crippen LogP contribution in [0.5, 0.6) is 0 Å². The number of rotatable bonds is 2. The van der Waals surface area contributed by atoms with Crippen molar-refractivity contribution in [2.24, 2.45) is 0 Å². The number of aromatic nitrogens is 1. The lowest BCUT2D eigenvalue weighted by molar-refractivity contribution is -0.615. The van der Waals surface area contributed by atoms with Crippen LogP contribution in [0.4, 0.5) is 0 Å². The first kappa shape index (κ1) is 24.4. The number of pyridine rings is 1. The van der Waals surface area contributed by atoms with Gasteiger partial charge in [-0.15, -0.1) is 0 Å². The van der Waals surface area contributed by atoms with Gasteiger partial charge in [0, 0.05) is 29.5 Å². The highest BCUT2D eigenvalue weighted by Gasteiger charge is 2.08. The van der Waals surface area contributed by atoms with Gasteiger partial charge in [-0.1, -0.05) is 60.7 Å². The molecule has 4 nitrogen and oxygen atoms in total. The van der Waals surface area contributed by atoms with Crippen LogP contribution in [0, 0.1) is 12.1 Å². The summed E-state index contributed by atoms with van der Waals surface area (Å²) in [6.45, 7) is 10.1. The molecule has 0 atom stereocenters. The minimum Gasteiger partial charge on any atom is -0.618 e. The standard InChI is InChI=1S/C13H14O2.C8H11NO.2CH4/c1-8(2)11-7-13(14)15-12-6-9(3)4-5-10(11)12;1-7(2)8-5-3-4-6-9(8)10;;/h4-8H,1-3H3;3-7H,1-2H3;2*1H4. The van der Waals surface area contributed by atoms with Crippen molar-refractivity contribution < 1.29 is 9.15 Å². The van der Waals surface area contributed by atoms with Crippen LogP contribution in [0.1, 0.15) is 71.2 Å². The second-order valence-corrected chi connectivity index (χ2v) is 6.78. The van der Waals surface area contributed by atoms with Crippen LogP contribution in [-0.4, -0.2) is 0 Å². The van der Waals surface area contributed by atoms with Crippen LogP contribution in [0.3, 0.4) is 0 Å². The molecule has 0 saturated heterocycles. The molecule has 0 saturated carbocycles. The van der Waals surface area contributed by atoms with E-state index in [1.807, 2.05) is 51.1 Å². The highest BCUT2D eigenvalue weighted by atomic mass is 16.5. The molecule has 1 aromatic carbocycles. The highest BCUT2D eigenvalue weighted by molar-refractivity contribution is 5.81. The van der Waals surface area contributed by atoms with E-state index in [4.69, 9.17) is 4.42 Å². The zero-order valence-corrected chi connectivity index (χ0v) is 15.4. The van der Waals surface area contributed by atoms with Crippen molar-refractivity contribution in [1.82, 2.24) is 0 Å². The van der Waals surface area contributed by atoms with Gasteiger partial charge in [-0.2, -0.15) is 4.73 Å². The summed E-state index contributed by atoms with van der Waals surface area (Å²) < 4.78 is 6.09. The molecule has 4 heteroatoms. The van der Waals surface area contributed by atoms with Crippen molar-refractivity contribution in [3.63, 3.8) is 0 Å². The van der Waals surface area contributed by atoms with E-state index >= 15 is 0 Å². The molecule has 27 heavy (non-hydrogen) atoms. The molecule has 0 spiro atoms. The molecule has 3 aromatic rings. The fourth-order valence-electron chi connectivity index (χ4n) is 2.66. The summed E-state index contributed by atoms with van der Waals surface area (Å²) in [6, 6.07) is 13.0. The fourth-order valence-corrected chi connectivity index (χ4v) is 2.66. The first-order chi connectivity index (χ1) is 11.8. The third-order valence-corrected chi connectivity index (χ3v) is 4.00. The summed E-state index contributed by atoms with van der Waals surface area (Å²) in [4.78, 5) is 11.4. The highest BCUT2D eigenvalue weighted by Crippen LogP contribution is 2.24. The Morgan fingerprint density at radius 1 is 0.963 bits per heavy atom. The molecule has 148 valence electrons. The lowest BCUT2D eigenvalue weighted by atomic mass is 9.99. The Kier molecular flexibility index (Phi) is 9.49. The Morgan fingerprint density at radius 3 is 2.15 bits per heavy atom. The summed E-state index contributed by atoms with van der Waals surface area (Å²) in [5, 5.41) is 12.0. The second-order valence-electron chi connectivity index (χ2n) is 6.78. The van der Waals surface area contributed by atoms with Crippen LogP contribution in [0.25, 0.3) is 11.0 Å². The first-order valence-electron chi connectivity index (χ1n) is 8.52. The minimum absolute atomic E-state index is 0. The predicted molar refractivity (Wildman–Crippen MR) is 114 cm³/mol. The van der Waals surface area contributed by atoms with Crippen LogP contribution < -0.4 is 10.4 Å². The zero-order valence-electron chi connectivity index (χ0n) is 15.4.